The molecule has 2 N–H and O–H groups in total. The first-order valence-electron chi connectivity index (χ1n) is 11.2. The maximum atomic E-state index is 13.3. The molecule has 2 aromatic carbocycles. The van der Waals surface area contributed by atoms with Crippen LogP contribution in [0.15, 0.2) is 54.1 Å². The molecular weight excluding hydrogens is 484 g/mol. The molecular formula is C26H24N2O7S. The summed E-state index contributed by atoms with van der Waals surface area (Å²) in [5.41, 5.74) is 0.952. The van der Waals surface area contributed by atoms with E-state index in [0.717, 1.165) is 16.2 Å². The first kappa shape index (κ1) is 24.9. The first-order valence-corrected chi connectivity index (χ1v) is 12.1. The van der Waals surface area contributed by atoms with Gasteiger partial charge in [-0.3, -0.25) is 14.5 Å². The van der Waals surface area contributed by atoms with Gasteiger partial charge in [-0.1, -0.05) is 47.7 Å². The molecule has 2 heterocycles. The highest BCUT2D eigenvalue weighted by Crippen LogP contribution is 2.45. The number of aliphatic hydroxyl groups excluding tert-OH is 1. The van der Waals surface area contributed by atoms with Crippen molar-refractivity contribution in [3.05, 3.63) is 75.8 Å². The van der Waals surface area contributed by atoms with Crippen LogP contribution in [0.4, 0.5) is 5.13 Å². The molecule has 3 aromatic rings. The molecule has 10 heteroatoms. The molecule has 0 saturated carbocycles. The van der Waals surface area contributed by atoms with E-state index in [2.05, 4.69) is 4.98 Å². The lowest BCUT2D eigenvalue weighted by Crippen LogP contribution is -2.29. The quantitative estimate of drug-likeness (QED) is 0.209. The van der Waals surface area contributed by atoms with Crippen molar-refractivity contribution in [2.24, 2.45) is 0 Å². The summed E-state index contributed by atoms with van der Waals surface area (Å²) in [5.74, 6) is -2.71. The standard InChI is InChI=1S/C26H24N2O7S/c1-4-34-18-13-16(11-12-17(18)29)20-19(21(30)15-9-7-6-8-10-15)22(31)24(32)28(20)26-27-14(3)23(36-26)25(33)35-5-2/h6-13,20,29-30H,4-5H2,1-3H3/t20-/m1/s1. The number of phenols is 1. The minimum absolute atomic E-state index is 0.0980. The Morgan fingerprint density at radius 1 is 1.11 bits per heavy atom. The predicted molar refractivity (Wildman–Crippen MR) is 133 cm³/mol. The highest BCUT2D eigenvalue weighted by atomic mass is 32.1. The monoisotopic (exact) mass is 508 g/mol. The van der Waals surface area contributed by atoms with Crippen molar-refractivity contribution in [3.63, 3.8) is 0 Å². The number of esters is 1. The largest absolute Gasteiger partial charge is 0.507 e. The van der Waals surface area contributed by atoms with Crippen molar-refractivity contribution < 1.29 is 34.1 Å². The molecule has 186 valence electrons. The molecule has 0 bridgehead atoms. The Kier molecular flexibility index (Phi) is 7.07. The third-order valence-electron chi connectivity index (χ3n) is 5.54. The second kappa shape index (κ2) is 10.2. The molecule has 0 radical (unpaired) electrons. The summed E-state index contributed by atoms with van der Waals surface area (Å²) in [4.78, 5) is 44.7. The summed E-state index contributed by atoms with van der Waals surface area (Å²) in [6.07, 6.45) is 0. The number of anilines is 1. The van der Waals surface area contributed by atoms with Crippen LogP contribution in [0.1, 0.15) is 46.4 Å². The lowest BCUT2D eigenvalue weighted by molar-refractivity contribution is -0.132. The van der Waals surface area contributed by atoms with E-state index >= 15 is 0 Å². The fourth-order valence-corrected chi connectivity index (χ4v) is 4.93. The van der Waals surface area contributed by atoms with Crippen molar-refractivity contribution in [2.45, 2.75) is 26.8 Å². The number of carbonyl (C=O) groups excluding carboxylic acids is 3. The minimum atomic E-state index is -1.09. The van der Waals surface area contributed by atoms with Gasteiger partial charge in [0.2, 0.25) is 0 Å². The number of amides is 1. The highest BCUT2D eigenvalue weighted by molar-refractivity contribution is 7.17. The normalized spacial score (nSPS) is 16.9. The van der Waals surface area contributed by atoms with Crippen molar-refractivity contribution in [3.8, 4) is 11.5 Å². The molecule has 1 aliphatic heterocycles. The molecule has 4 rings (SSSR count). The van der Waals surface area contributed by atoms with Gasteiger partial charge in [0.25, 0.3) is 5.78 Å². The average Bonchev–Trinajstić information content (AvgIpc) is 3.37. The van der Waals surface area contributed by atoms with Gasteiger partial charge in [0.15, 0.2) is 16.6 Å². The summed E-state index contributed by atoms with van der Waals surface area (Å²) in [6.45, 7) is 5.48. The number of thiazole rings is 1. The van der Waals surface area contributed by atoms with Crippen LogP contribution in [0.25, 0.3) is 5.76 Å². The number of aromatic hydroxyl groups is 1. The van der Waals surface area contributed by atoms with Gasteiger partial charge >= 0.3 is 11.9 Å². The van der Waals surface area contributed by atoms with Crippen LogP contribution in [0, 0.1) is 6.92 Å². The second-order valence-electron chi connectivity index (χ2n) is 7.83. The lowest BCUT2D eigenvalue weighted by Gasteiger charge is -2.23. The van der Waals surface area contributed by atoms with E-state index in [1.54, 1.807) is 51.1 Å². The third-order valence-corrected chi connectivity index (χ3v) is 6.68. The number of aryl methyl sites for hydroxylation is 1. The van der Waals surface area contributed by atoms with Crippen molar-refractivity contribution in [2.75, 3.05) is 18.1 Å². The molecule has 1 saturated heterocycles. The second-order valence-corrected chi connectivity index (χ2v) is 8.80. The van der Waals surface area contributed by atoms with E-state index in [1.165, 1.54) is 18.2 Å². The number of phenolic OH excluding ortho intramolecular Hbond substituents is 1. The number of ether oxygens (including phenoxy) is 2. The molecule has 1 fully saturated rings. The lowest BCUT2D eigenvalue weighted by atomic mass is 9.95. The first-order chi connectivity index (χ1) is 17.3. The fraction of sp³-hybridized carbons (Fsp3) is 0.231. The average molecular weight is 509 g/mol. The van der Waals surface area contributed by atoms with Gasteiger partial charge in [-0.15, -0.1) is 0 Å². The maximum Gasteiger partial charge on any atom is 0.350 e. The Bertz CT molecular complexity index is 1360. The highest BCUT2D eigenvalue weighted by Gasteiger charge is 2.48. The molecule has 0 spiro atoms. The van der Waals surface area contributed by atoms with E-state index in [0.29, 0.717) is 16.8 Å². The third kappa shape index (κ3) is 4.42. The Hall–Kier alpha value is -4.18. The molecule has 1 aliphatic rings. The Labute approximate surface area is 211 Å². The smallest absolute Gasteiger partial charge is 0.350 e. The summed E-state index contributed by atoms with van der Waals surface area (Å²) in [6, 6.07) is 11.7. The van der Waals surface area contributed by atoms with Crippen molar-refractivity contribution >= 4 is 39.9 Å². The Balaban J connectivity index is 1.93. The van der Waals surface area contributed by atoms with Gasteiger partial charge in [-0.05, 0) is 38.5 Å². The number of aliphatic hydroxyl groups is 1. The zero-order valence-electron chi connectivity index (χ0n) is 19.8. The fourth-order valence-electron chi connectivity index (χ4n) is 3.94. The van der Waals surface area contributed by atoms with E-state index in [9.17, 15) is 24.6 Å². The molecule has 1 amide bonds. The van der Waals surface area contributed by atoms with Crippen LogP contribution in [-0.4, -0.2) is 46.1 Å². The molecule has 0 unspecified atom stereocenters. The molecule has 36 heavy (non-hydrogen) atoms. The zero-order chi connectivity index (χ0) is 26.0. The number of hydrogen-bond donors (Lipinski definition) is 2. The number of aromatic nitrogens is 1. The van der Waals surface area contributed by atoms with Crippen LogP contribution < -0.4 is 9.64 Å². The molecule has 1 aromatic heterocycles. The topological polar surface area (TPSA) is 126 Å². The number of rotatable bonds is 7. The maximum absolute atomic E-state index is 13.3. The Morgan fingerprint density at radius 2 is 1.83 bits per heavy atom. The molecule has 0 aliphatic carbocycles. The van der Waals surface area contributed by atoms with Gasteiger partial charge in [0, 0.05) is 5.56 Å². The number of Topliss-reactive ketones (excluding diaryl/α,β-unsaturated/α-hetero) is 1. The number of hydrogen-bond acceptors (Lipinski definition) is 9. The van der Waals surface area contributed by atoms with Crippen LogP contribution >= 0.6 is 11.3 Å². The summed E-state index contributed by atoms with van der Waals surface area (Å²) in [5, 5.41) is 21.5. The summed E-state index contributed by atoms with van der Waals surface area (Å²) < 4.78 is 10.6. The van der Waals surface area contributed by atoms with Gasteiger partial charge in [-0.2, -0.15) is 0 Å². The number of benzene rings is 2. The number of nitrogens with zero attached hydrogens (tertiary/aromatic N) is 2. The summed E-state index contributed by atoms with van der Waals surface area (Å²) in [7, 11) is 0. The van der Waals surface area contributed by atoms with Crippen LogP contribution in [0.5, 0.6) is 11.5 Å². The zero-order valence-corrected chi connectivity index (χ0v) is 20.7. The van der Waals surface area contributed by atoms with Gasteiger partial charge in [0.1, 0.15) is 10.6 Å². The number of ketones is 1. The number of carbonyl (C=O) groups is 3. The minimum Gasteiger partial charge on any atom is -0.507 e. The van der Waals surface area contributed by atoms with Crippen LogP contribution in [0.2, 0.25) is 0 Å². The van der Waals surface area contributed by atoms with Crippen LogP contribution in [-0.2, 0) is 14.3 Å². The summed E-state index contributed by atoms with van der Waals surface area (Å²) >= 11 is 0.919. The van der Waals surface area contributed by atoms with E-state index in [1.807, 2.05) is 0 Å². The molecule has 1 atom stereocenters. The Morgan fingerprint density at radius 3 is 2.50 bits per heavy atom. The van der Waals surface area contributed by atoms with E-state index < -0.39 is 23.7 Å². The van der Waals surface area contributed by atoms with E-state index in [4.69, 9.17) is 9.47 Å². The van der Waals surface area contributed by atoms with E-state index in [-0.39, 0.29) is 46.1 Å². The van der Waals surface area contributed by atoms with Gasteiger partial charge < -0.3 is 19.7 Å². The van der Waals surface area contributed by atoms with Crippen molar-refractivity contribution in [1.82, 2.24) is 4.98 Å². The molecule has 9 nitrogen and oxygen atoms in total. The van der Waals surface area contributed by atoms with Gasteiger partial charge in [0.05, 0.1) is 30.5 Å². The van der Waals surface area contributed by atoms with Crippen LogP contribution in [0.3, 0.4) is 0 Å². The SMILES string of the molecule is CCOC(=O)c1sc(N2C(=O)C(=O)C(=C(O)c3ccccc3)[C@H]2c2ccc(O)c(OCC)c2)nc1C. The van der Waals surface area contributed by atoms with Crippen molar-refractivity contribution in [1.29, 1.82) is 0 Å². The van der Waals surface area contributed by atoms with Gasteiger partial charge in [-0.25, -0.2) is 9.78 Å². The predicted octanol–water partition coefficient (Wildman–Crippen LogP) is 4.36.